The Bertz CT molecular complexity index is 508. The van der Waals surface area contributed by atoms with Crippen LogP contribution in [0.3, 0.4) is 0 Å². The third kappa shape index (κ3) is 6.33. The summed E-state index contributed by atoms with van der Waals surface area (Å²) in [5.41, 5.74) is 0.875. The monoisotopic (exact) mass is 333 g/mol. The number of aliphatic carboxylic acids is 1. The summed E-state index contributed by atoms with van der Waals surface area (Å²) in [5.74, 6) is -1.28. The lowest BCUT2D eigenvalue weighted by Crippen LogP contribution is -2.38. The topological polar surface area (TPSA) is 66.8 Å². The number of methoxy groups -OCH3 is 1. The summed E-state index contributed by atoms with van der Waals surface area (Å²) >= 11 is 11.7. The molecule has 21 heavy (non-hydrogen) atoms. The minimum absolute atomic E-state index is 0.203. The molecule has 0 saturated heterocycles. The summed E-state index contributed by atoms with van der Waals surface area (Å²) in [6, 6.07) is 5.16. The van der Waals surface area contributed by atoms with Gasteiger partial charge in [-0.25, -0.2) is 0 Å². The molecule has 0 radical (unpaired) electrons. The van der Waals surface area contributed by atoms with Crippen molar-refractivity contribution < 1.29 is 19.4 Å². The van der Waals surface area contributed by atoms with Gasteiger partial charge < -0.3 is 14.7 Å². The first-order chi connectivity index (χ1) is 9.93. The lowest BCUT2D eigenvalue weighted by atomic mass is 10.1. The number of nitrogens with zero attached hydrogens (tertiary/aromatic N) is 1. The van der Waals surface area contributed by atoms with Crippen molar-refractivity contribution in [1.82, 2.24) is 4.90 Å². The van der Waals surface area contributed by atoms with Crippen LogP contribution < -0.4 is 0 Å². The lowest BCUT2D eigenvalue weighted by molar-refractivity contribution is -0.144. The largest absolute Gasteiger partial charge is 0.480 e. The third-order valence-corrected chi connectivity index (χ3v) is 3.59. The predicted molar refractivity (Wildman–Crippen MR) is 80.9 cm³/mol. The summed E-state index contributed by atoms with van der Waals surface area (Å²) in [4.78, 5) is 24.1. The zero-order valence-corrected chi connectivity index (χ0v) is 13.2. The molecule has 0 aliphatic rings. The highest BCUT2D eigenvalue weighted by atomic mass is 35.5. The van der Waals surface area contributed by atoms with E-state index in [1.807, 2.05) is 0 Å². The number of carbonyl (C=O) groups excluding carboxylic acids is 1. The molecule has 0 aliphatic carbocycles. The number of hydrogen-bond donors (Lipinski definition) is 1. The first-order valence-electron chi connectivity index (χ1n) is 6.36. The van der Waals surface area contributed by atoms with E-state index in [1.54, 1.807) is 18.2 Å². The van der Waals surface area contributed by atoms with Crippen LogP contribution in [0.2, 0.25) is 10.0 Å². The fourth-order valence-corrected chi connectivity index (χ4v) is 2.08. The van der Waals surface area contributed by atoms with Gasteiger partial charge in [0.25, 0.3) is 0 Å². The van der Waals surface area contributed by atoms with E-state index in [-0.39, 0.29) is 25.4 Å². The molecule has 1 aromatic carbocycles. The highest BCUT2D eigenvalue weighted by molar-refractivity contribution is 6.42. The average Bonchev–Trinajstić information content (AvgIpc) is 2.44. The molecule has 0 aromatic heterocycles. The van der Waals surface area contributed by atoms with E-state index >= 15 is 0 Å². The second kappa shape index (κ2) is 8.87. The predicted octanol–water partition coefficient (Wildman–Crippen LogP) is 2.49. The van der Waals surface area contributed by atoms with E-state index in [0.717, 1.165) is 5.56 Å². The quantitative estimate of drug-likeness (QED) is 0.793. The highest BCUT2D eigenvalue weighted by Crippen LogP contribution is 2.23. The average molecular weight is 334 g/mol. The molecule has 0 saturated carbocycles. The Morgan fingerprint density at radius 2 is 2.00 bits per heavy atom. The van der Waals surface area contributed by atoms with Gasteiger partial charge in [-0.2, -0.15) is 0 Å². The number of amides is 1. The zero-order chi connectivity index (χ0) is 15.8. The van der Waals surface area contributed by atoms with Gasteiger partial charge in [0, 0.05) is 20.1 Å². The molecule has 1 rings (SSSR count). The van der Waals surface area contributed by atoms with Gasteiger partial charge >= 0.3 is 5.97 Å². The highest BCUT2D eigenvalue weighted by Gasteiger charge is 2.16. The summed E-state index contributed by atoms with van der Waals surface area (Å²) in [6.45, 7) is 0.221. The van der Waals surface area contributed by atoms with Crippen LogP contribution in [0.25, 0.3) is 0 Å². The van der Waals surface area contributed by atoms with Crippen LogP contribution >= 0.6 is 23.2 Å². The number of carboxylic acids is 1. The van der Waals surface area contributed by atoms with E-state index in [1.165, 1.54) is 12.0 Å². The van der Waals surface area contributed by atoms with Crippen molar-refractivity contribution >= 4 is 35.1 Å². The van der Waals surface area contributed by atoms with Crippen molar-refractivity contribution in [2.75, 3.05) is 26.8 Å². The molecule has 116 valence electrons. The van der Waals surface area contributed by atoms with E-state index in [9.17, 15) is 9.59 Å². The van der Waals surface area contributed by atoms with Gasteiger partial charge in [0.1, 0.15) is 6.54 Å². The van der Waals surface area contributed by atoms with Crippen molar-refractivity contribution in [1.29, 1.82) is 0 Å². The van der Waals surface area contributed by atoms with Gasteiger partial charge in [-0.05, 0) is 24.1 Å². The lowest BCUT2D eigenvalue weighted by Gasteiger charge is -2.20. The van der Waals surface area contributed by atoms with Gasteiger partial charge in [-0.3, -0.25) is 9.59 Å². The molecule has 5 nitrogen and oxygen atoms in total. The van der Waals surface area contributed by atoms with Crippen molar-refractivity contribution in [3.8, 4) is 0 Å². The Kier molecular flexibility index (Phi) is 7.50. The molecule has 0 aliphatic heterocycles. The SMILES string of the molecule is COCCN(CC(=O)O)C(=O)CCc1ccc(Cl)c(Cl)c1. The second-order valence-corrected chi connectivity index (χ2v) is 5.26. The molecule has 7 heteroatoms. The standard InChI is InChI=1S/C14H17Cl2NO4/c1-21-7-6-17(9-14(19)20)13(18)5-3-10-2-4-11(15)12(16)8-10/h2,4,8H,3,5-7,9H2,1H3,(H,19,20). The van der Waals surface area contributed by atoms with Gasteiger partial charge in [-0.1, -0.05) is 29.3 Å². The van der Waals surface area contributed by atoms with Crippen molar-refractivity contribution in [3.63, 3.8) is 0 Å². The van der Waals surface area contributed by atoms with E-state index in [2.05, 4.69) is 0 Å². The van der Waals surface area contributed by atoms with E-state index in [4.69, 9.17) is 33.0 Å². The second-order valence-electron chi connectivity index (χ2n) is 4.45. The Balaban J connectivity index is 2.59. The first kappa shape index (κ1) is 17.8. The van der Waals surface area contributed by atoms with Crippen LogP contribution in [0.1, 0.15) is 12.0 Å². The van der Waals surface area contributed by atoms with Crippen molar-refractivity contribution in [2.45, 2.75) is 12.8 Å². The number of carboxylic acid groups (broad SMARTS) is 1. The van der Waals surface area contributed by atoms with Gasteiger partial charge in [0.05, 0.1) is 16.7 Å². The molecule has 0 fully saturated rings. The number of rotatable bonds is 8. The summed E-state index contributed by atoms with van der Waals surface area (Å²) in [5, 5.41) is 9.71. The molecule has 1 N–H and O–H groups in total. The molecule has 0 bridgehead atoms. The van der Waals surface area contributed by atoms with Gasteiger partial charge in [-0.15, -0.1) is 0 Å². The molecule has 1 amide bonds. The normalized spacial score (nSPS) is 10.4. The first-order valence-corrected chi connectivity index (χ1v) is 7.12. The van der Waals surface area contributed by atoms with Crippen molar-refractivity contribution in [3.05, 3.63) is 33.8 Å². The molecular formula is C14H17Cl2NO4. The van der Waals surface area contributed by atoms with Gasteiger partial charge in [0.2, 0.25) is 5.91 Å². The fraction of sp³-hybridized carbons (Fsp3) is 0.429. The van der Waals surface area contributed by atoms with Crippen LogP contribution in [0, 0.1) is 0 Å². The molecule has 0 unspecified atom stereocenters. The molecule has 1 aromatic rings. The van der Waals surface area contributed by atoms with Crippen LogP contribution in [-0.2, 0) is 20.7 Å². The summed E-state index contributed by atoms with van der Waals surface area (Å²) < 4.78 is 4.88. The maximum atomic E-state index is 12.1. The van der Waals surface area contributed by atoms with Crippen LogP contribution in [-0.4, -0.2) is 48.7 Å². The van der Waals surface area contributed by atoms with Crippen LogP contribution in [0.5, 0.6) is 0 Å². The number of ether oxygens (including phenoxy) is 1. The van der Waals surface area contributed by atoms with Crippen molar-refractivity contribution in [2.24, 2.45) is 0 Å². The van der Waals surface area contributed by atoms with Crippen LogP contribution in [0.4, 0.5) is 0 Å². The molecule has 0 spiro atoms. The van der Waals surface area contributed by atoms with E-state index in [0.29, 0.717) is 23.1 Å². The Labute approximate surface area is 133 Å². The number of halogens is 2. The number of aryl methyl sites for hydroxylation is 1. The van der Waals surface area contributed by atoms with Crippen LogP contribution in [0.15, 0.2) is 18.2 Å². The smallest absolute Gasteiger partial charge is 0.323 e. The molecule has 0 atom stereocenters. The fourth-order valence-electron chi connectivity index (χ4n) is 1.76. The Morgan fingerprint density at radius 3 is 2.57 bits per heavy atom. The maximum absolute atomic E-state index is 12.1. The minimum atomic E-state index is -1.05. The zero-order valence-electron chi connectivity index (χ0n) is 11.6. The van der Waals surface area contributed by atoms with Gasteiger partial charge in [0.15, 0.2) is 0 Å². The summed E-state index contributed by atoms with van der Waals surface area (Å²) in [7, 11) is 1.50. The summed E-state index contributed by atoms with van der Waals surface area (Å²) in [6.07, 6.45) is 0.674. The Morgan fingerprint density at radius 1 is 1.29 bits per heavy atom. The molecule has 0 heterocycles. The minimum Gasteiger partial charge on any atom is -0.480 e. The number of benzene rings is 1. The number of hydrogen-bond acceptors (Lipinski definition) is 3. The van der Waals surface area contributed by atoms with E-state index < -0.39 is 5.97 Å². The number of carbonyl (C=O) groups is 2. The Hall–Kier alpha value is -1.30. The maximum Gasteiger partial charge on any atom is 0.323 e. The third-order valence-electron chi connectivity index (χ3n) is 2.86. The molecular weight excluding hydrogens is 317 g/mol.